The van der Waals surface area contributed by atoms with Crippen LogP contribution < -0.4 is 0 Å². The summed E-state index contributed by atoms with van der Waals surface area (Å²) in [7, 11) is 0. The standard InChI is InChI=1S/C12H19NO2S/c1-11(2,3)8-7-16-10(13-8)6-9(14)12(4,5)15/h7,15H,6H2,1-5H3. The third-order valence-corrected chi connectivity index (χ3v) is 3.16. The molecule has 16 heavy (non-hydrogen) atoms. The zero-order valence-electron chi connectivity index (χ0n) is 10.5. The number of rotatable bonds is 3. The Bertz CT molecular complexity index is 382. The van der Waals surface area contributed by atoms with E-state index in [2.05, 4.69) is 25.8 Å². The van der Waals surface area contributed by atoms with E-state index >= 15 is 0 Å². The van der Waals surface area contributed by atoms with Crippen LogP contribution in [-0.2, 0) is 16.6 Å². The van der Waals surface area contributed by atoms with Crippen molar-refractivity contribution >= 4 is 17.1 Å². The van der Waals surface area contributed by atoms with Gasteiger partial charge in [-0.25, -0.2) is 4.98 Å². The Balaban J connectivity index is 2.78. The molecule has 90 valence electrons. The molecule has 0 amide bonds. The number of carbonyl (C=O) groups excluding carboxylic acids is 1. The van der Waals surface area contributed by atoms with Gasteiger partial charge in [0.15, 0.2) is 5.78 Å². The van der Waals surface area contributed by atoms with Crippen molar-refractivity contribution in [1.82, 2.24) is 4.98 Å². The molecule has 1 N–H and O–H groups in total. The first kappa shape index (κ1) is 13.3. The number of Topliss-reactive ketones (excluding diaryl/α,β-unsaturated/α-hetero) is 1. The fourth-order valence-electron chi connectivity index (χ4n) is 1.09. The molecule has 0 aromatic carbocycles. The Kier molecular flexibility index (Phi) is 3.55. The first-order valence-corrected chi connectivity index (χ1v) is 6.19. The van der Waals surface area contributed by atoms with E-state index < -0.39 is 5.60 Å². The van der Waals surface area contributed by atoms with Crippen molar-refractivity contribution in [2.45, 2.75) is 52.1 Å². The number of thiazole rings is 1. The number of nitrogens with zero attached hydrogens (tertiary/aromatic N) is 1. The monoisotopic (exact) mass is 241 g/mol. The van der Waals surface area contributed by atoms with Gasteiger partial charge in [-0.3, -0.25) is 4.79 Å². The summed E-state index contributed by atoms with van der Waals surface area (Å²) >= 11 is 1.48. The first-order valence-electron chi connectivity index (χ1n) is 5.31. The molecule has 0 atom stereocenters. The minimum Gasteiger partial charge on any atom is -0.383 e. The van der Waals surface area contributed by atoms with Crippen LogP contribution in [0.25, 0.3) is 0 Å². The summed E-state index contributed by atoms with van der Waals surface area (Å²) in [5.41, 5.74) is -0.267. The van der Waals surface area contributed by atoms with E-state index in [1.807, 2.05) is 5.38 Å². The number of aromatic nitrogens is 1. The van der Waals surface area contributed by atoms with Gasteiger partial charge >= 0.3 is 0 Å². The second kappa shape index (κ2) is 4.26. The van der Waals surface area contributed by atoms with Gasteiger partial charge in [0, 0.05) is 10.8 Å². The molecule has 0 unspecified atom stereocenters. The highest BCUT2D eigenvalue weighted by Gasteiger charge is 2.25. The zero-order chi connectivity index (χ0) is 12.6. The average molecular weight is 241 g/mol. The molecule has 0 saturated heterocycles. The molecule has 1 heterocycles. The molecule has 3 nitrogen and oxygen atoms in total. The quantitative estimate of drug-likeness (QED) is 0.883. The van der Waals surface area contributed by atoms with Crippen LogP contribution in [0.4, 0.5) is 0 Å². The number of carbonyl (C=O) groups is 1. The van der Waals surface area contributed by atoms with E-state index in [0.29, 0.717) is 0 Å². The largest absolute Gasteiger partial charge is 0.383 e. The summed E-state index contributed by atoms with van der Waals surface area (Å²) in [5, 5.41) is 12.3. The summed E-state index contributed by atoms with van der Waals surface area (Å²) in [6.45, 7) is 9.28. The van der Waals surface area contributed by atoms with Crippen molar-refractivity contribution in [3.05, 3.63) is 16.1 Å². The molecule has 0 spiro atoms. The van der Waals surface area contributed by atoms with Gasteiger partial charge in [-0.2, -0.15) is 0 Å². The molecule has 0 aliphatic carbocycles. The lowest BCUT2D eigenvalue weighted by Gasteiger charge is -2.15. The maximum Gasteiger partial charge on any atom is 0.170 e. The van der Waals surface area contributed by atoms with E-state index in [9.17, 15) is 9.90 Å². The zero-order valence-corrected chi connectivity index (χ0v) is 11.3. The molecule has 0 fully saturated rings. The van der Waals surface area contributed by atoms with E-state index in [1.54, 1.807) is 0 Å². The Morgan fingerprint density at radius 2 is 1.94 bits per heavy atom. The maximum atomic E-state index is 11.6. The normalized spacial score (nSPS) is 12.9. The van der Waals surface area contributed by atoms with E-state index in [0.717, 1.165) is 10.7 Å². The van der Waals surface area contributed by atoms with Crippen LogP contribution in [0.1, 0.15) is 45.3 Å². The fraction of sp³-hybridized carbons (Fsp3) is 0.667. The summed E-state index contributed by atoms with van der Waals surface area (Å²) < 4.78 is 0. The van der Waals surface area contributed by atoms with E-state index in [4.69, 9.17) is 0 Å². The van der Waals surface area contributed by atoms with Crippen LogP contribution in [0.2, 0.25) is 0 Å². The van der Waals surface area contributed by atoms with Crippen molar-refractivity contribution in [2.75, 3.05) is 0 Å². The number of hydrogen-bond donors (Lipinski definition) is 1. The SMILES string of the molecule is CC(C)(O)C(=O)Cc1nc(C(C)(C)C)cs1. The Hall–Kier alpha value is -0.740. The minimum atomic E-state index is -1.27. The molecular weight excluding hydrogens is 222 g/mol. The summed E-state index contributed by atoms with van der Waals surface area (Å²) in [6, 6.07) is 0. The molecule has 0 aliphatic rings. The second-order valence-electron chi connectivity index (χ2n) is 5.54. The third kappa shape index (κ3) is 3.39. The molecule has 0 radical (unpaired) electrons. The van der Waals surface area contributed by atoms with Gasteiger partial charge in [-0.05, 0) is 13.8 Å². The van der Waals surface area contributed by atoms with Gasteiger partial charge in [0.05, 0.1) is 12.1 Å². The summed E-state index contributed by atoms with van der Waals surface area (Å²) in [6.07, 6.45) is 0.213. The Labute approximate surface area is 101 Å². The molecule has 1 rings (SSSR count). The van der Waals surface area contributed by atoms with Crippen molar-refractivity contribution < 1.29 is 9.90 Å². The first-order chi connectivity index (χ1) is 7.10. The van der Waals surface area contributed by atoms with Gasteiger partial charge in [0.25, 0.3) is 0 Å². The van der Waals surface area contributed by atoms with Crippen LogP contribution in [-0.4, -0.2) is 21.5 Å². The van der Waals surface area contributed by atoms with Crippen molar-refractivity contribution in [2.24, 2.45) is 0 Å². The lowest BCUT2D eigenvalue weighted by Crippen LogP contribution is -2.32. The maximum absolute atomic E-state index is 11.6. The van der Waals surface area contributed by atoms with E-state index in [-0.39, 0.29) is 17.6 Å². The van der Waals surface area contributed by atoms with Crippen molar-refractivity contribution in [3.8, 4) is 0 Å². The number of ketones is 1. The molecule has 0 bridgehead atoms. The fourth-order valence-corrected chi connectivity index (χ4v) is 2.11. The number of hydrogen-bond acceptors (Lipinski definition) is 4. The predicted octanol–water partition coefficient (Wildman–Crippen LogP) is 2.32. The van der Waals surface area contributed by atoms with Crippen LogP contribution in [0.15, 0.2) is 5.38 Å². The van der Waals surface area contributed by atoms with Crippen LogP contribution in [0, 0.1) is 0 Å². The van der Waals surface area contributed by atoms with Crippen LogP contribution >= 0.6 is 11.3 Å². The molecule has 1 aromatic heterocycles. The molecule has 0 saturated carbocycles. The summed E-state index contributed by atoms with van der Waals surface area (Å²) in [5.74, 6) is -0.192. The van der Waals surface area contributed by atoms with Crippen molar-refractivity contribution in [3.63, 3.8) is 0 Å². The van der Waals surface area contributed by atoms with Gasteiger partial charge < -0.3 is 5.11 Å². The highest BCUT2D eigenvalue weighted by molar-refractivity contribution is 7.09. The molecule has 4 heteroatoms. The van der Waals surface area contributed by atoms with Gasteiger partial charge in [0.1, 0.15) is 10.6 Å². The summed E-state index contributed by atoms with van der Waals surface area (Å²) in [4.78, 5) is 16.0. The molecule has 1 aromatic rings. The Morgan fingerprint density at radius 1 is 1.38 bits per heavy atom. The second-order valence-corrected chi connectivity index (χ2v) is 6.48. The lowest BCUT2D eigenvalue weighted by molar-refractivity contribution is -0.133. The molecular formula is C12H19NO2S. The smallest absolute Gasteiger partial charge is 0.170 e. The number of aliphatic hydroxyl groups is 1. The highest BCUT2D eigenvalue weighted by Crippen LogP contribution is 2.24. The van der Waals surface area contributed by atoms with Crippen LogP contribution in [0.3, 0.4) is 0 Å². The van der Waals surface area contributed by atoms with Gasteiger partial charge in [-0.15, -0.1) is 11.3 Å². The van der Waals surface area contributed by atoms with E-state index in [1.165, 1.54) is 25.2 Å². The predicted molar refractivity (Wildman–Crippen MR) is 65.8 cm³/mol. The topological polar surface area (TPSA) is 50.2 Å². The van der Waals surface area contributed by atoms with Crippen molar-refractivity contribution in [1.29, 1.82) is 0 Å². The van der Waals surface area contributed by atoms with Crippen LogP contribution in [0.5, 0.6) is 0 Å². The Morgan fingerprint density at radius 3 is 2.31 bits per heavy atom. The van der Waals surface area contributed by atoms with Gasteiger partial charge in [0.2, 0.25) is 0 Å². The molecule has 0 aliphatic heterocycles. The average Bonchev–Trinajstić information content (AvgIpc) is 2.49. The minimum absolute atomic E-state index is 0.00648. The van der Waals surface area contributed by atoms with Gasteiger partial charge in [-0.1, -0.05) is 20.8 Å². The third-order valence-electron chi connectivity index (χ3n) is 2.31. The highest BCUT2D eigenvalue weighted by atomic mass is 32.1. The lowest BCUT2D eigenvalue weighted by atomic mass is 9.93.